The predicted molar refractivity (Wildman–Crippen MR) is 92.4 cm³/mol. The lowest BCUT2D eigenvalue weighted by atomic mass is 10.1. The summed E-state index contributed by atoms with van der Waals surface area (Å²) < 4.78 is 11.3. The third-order valence-electron chi connectivity index (χ3n) is 4.40. The molecule has 134 valence electrons. The van der Waals surface area contributed by atoms with Crippen molar-refractivity contribution >= 4 is 28.9 Å². The molecule has 2 amide bonds. The van der Waals surface area contributed by atoms with Gasteiger partial charge in [0.2, 0.25) is 11.8 Å². The molecule has 0 spiro atoms. The van der Waals surface area contributed by atoms with Crippen molar-refractivity contribution in [2.75, 3.05) is 30.1 Å². The fourth-order valence-electron chi connectivity index (χ4n) is 3.15. The van der Waals surface area contributed by atoms with Gasteiger partial charge >= 0.3 is 0 Å². The molecule has 0 atom stereocenters. The van der Waals surface area contributed by atoms with E-state index in [-0.39, 0.29) is 11.4 Å². The van der Waals surface area contributed by atoms with Gasteiger partial charge < -0.3 is 24.6 Å². The van der Waals surface area contributed by atoms with Crippen molar-refractivity contribution in [3.8, 4) is 23.0 Å². The molecule has 2 aliphatic heterocycles. The minimum atomic E-state index is -0.529. The molecule has 8 nitrogen and oxygen atoms in total. The van der Waals surface area contributed by atoms with E-state index in [9.17, 15) is 19.8 Å². The van der Waals surface area contributed by atoms with Gasteiger partial charge in [0.05, 0.1) is 11.4 Å². The van der Waals surface area contributed by atoms with Gasteiger partial charge in [-0.05, 0) is 24.3 Å². The summed E-state index contributed by atoms with van der Waals surface area (Å²) in [6.45, 7) is 0.705. The van der Waals surface area contributed by atoms with Crippen LogP contribution in [0, 0.1) is 0 Å². The molecule has 0 unspecified atom stereocenters. The molecule has 0 aliphatic carbocycles. The lowest BCUT2D eigenvalue weighted by Gasteiger charge is -2.29. The Labute approximate surface area is 148 Å². The van der Waals surface area contributed by atoms with Gasteiger partial charge in [-0.15, -0.1) is 0 Å². The van der Waals surface area contributed by atoms with Crippen molar-refractivity contribution in [3.05, 3.63) is 30.3 Å². The number of para-hydroxylation sites is 1. The Bertz CT molecular complexity index is 926. The summed E-state index contributed by atoms with van der Waals surface area (Å²) in [6, 6.07) is 7.58. The van der Waals surface area contributed by atoms with Gasteiger partial charge in [0.1, 0.15) is 25.3 Å². The molecule has 8 heteroatoms. The largest absolute Gasteiger partial charge is 0.504 e. The van der Waals surface area contributed by atoms with Crippen molar-refractivity contribution in [1.29, 1.82) is 0 Å². The average molecular weight is 356 g/mol. The molecule has 0 radical (unpaired) electrons. The van der Waals surface area contributed by atoms with Gasteiger partial charge in [-0.3, -0.25) is 14.5 Å². The molecule has 0 aromatic heterocycles. The fourth-order valence-corrected chi connectivity index (χ4v) is 3.15. The maximum atomic E-state index is 12.8. The van der Waals surface area contributed by atoms with E-state index in [4.69, 9.17) is 9.47 Å². The number of carbonyl (C=O) groups is 2. The van der Waals surface area contributed by atoms with Crippen LogP contribution in [0.3, 0.4) is 0 Å². The third kappa shape index (κ3) is 2.30. The zero-order chi connectivity index (χ0) is 18.4. The highest BCUT2D eigenvalue weighted by molar-refractivity contribution is 6.19. The topological polar surface area (TPSA) is 99.5 Å². The number of ether oxygens (including phenoxy) is 2. The molecule has 0 fully saturated rings. The number of amides is 2. The van der Waals surface area contributed by atoms with Gasteiger partial charge in [0.25, 0.3) is 0 Å². The van der Waals surface area contributed by atoms with Crippen LogP contribution in [0.25, 0.3) is 0 Å². The van der Waals surface area contributed by atoms with Crippen LogP contribution in [0.4, 0.5) is 17.1 Å². The van der Waals surface area contributed by atoms with E-state index in [1.165, 1.54) is 28.0 Å². The highest BCUT2D eigenvalue weighted by Gasteiger charge is 2.36. The highest BCUT2D eigenvalue weighted by Crippen LogP contribution is 2.50. The average Bonchev–Trinajstić information content (AvgIpc) is 2.73. The molecule has 2 N–H and O–H groups in total. The molecule has 2 heterocycles. The van der Waals surface area contributed by atoms with Crippen LogP contribution >= 0.6 is 0 Å². The van der Waals surface area contributed by atoms with Crippen LogP contribution in [0.1, 0.15) is 6.42 Å². The Hall–Kier alpha value is -3.42. The summed E-state index contributed by atoms with van der Waals surface area (Å²) >= 11 is 0. The second kappa shape index (κ2) is 5.83. The van der Waals surface area contributed by atoms with Crippen LogP contribution in [-0.4, -0.2) is 42.3 Å². The lowest BCUT2D eigenvalue weighted by molar-refractivity contribution is -0.125. The number of fused-ring (bicyclic) bond motifs is 3. The Balaban J connectivity index is 1.99. The summed E-state index contributed by atoms with van der Waals surface area (Å²) in [5, 5.41) is 20.1. The van der Waals surface area contributed by atoms with Crippen molar-refractivity contribution in [2.24, 2.45) is 0 Å². The number of carbonyl (C=O) groups excluding carboxylic acids is 2. The highest BCUT2D eigenvalue weighted by atomic mass is 16.6. The van der Waals surface area contributed by atoms with Crippen molar-refractivity contribution in [2.45, 2.75) is 6.42 Å². The Morgan fingerprint density at radius 1 is 0.962 bits per heavy atom. The predicted octanol–water partition coefficient (Wildman–Crippen LogP) is 1.90. The molecule has 0 saturated carbocycles. The zero-order valence-electron chi connectivity index (χ0n) is 13.9. The quantitative estimate of drug-likeness (QED) is 0.598. The zero-order valence-corrected chi connectivity index (χ0v) is 13.9. The second-order valence-corrected chi connectivity index (χ2v) is 5.96. The normalized spacial score (nSPS) is 16.3. The first-order chi connectivity index (χ1) is 12.5. The van der Waals surface area contributed by atoms with Crippen LogP contribution in [0.2, 0.25) is 0 Å². The maximum absolute atomic E-state index is 12.8. The van der Waals surface area contributed by atoms with Crippen molar-refractivity contribution in [3.63, 3.8) is 0 Å². The molecule has 0 saturated heterocycles. The smallest absolute Gasteiger partial charge is 0.241 e. The van der Waals surface area contributed by atoms with E-state index in [1.54, 1.807) is 19.2 Å². The van der Waals surface area contributed by atoms with E-state index in [2.05, 4.69) is 0 Å². The number of hydrogen-bond donors (Lipinski definition) is 2. The maximum Gasteiger partial charge on any atom is 0.241 e. The summed E-state index contributed by atoms with van der Waals surface area (Å²) in [5.74, 6) is -0.913. The van der Waals surface area contributed by atoms with Crippen molar-refractivity contribution in [1.82, 2.24) is 0 Å². The monoisotopic (exact) mass is 356 g/mol. The number of rotatable bonds is 1. The Morgan fingerprint density at radius 3 is 2.54 bits per heavy atom. The van der Waals surface area contributed by atoms with Crippen molar-refractivity contribution < 1.29 is 29.3 Å². The number of aromatic hydroxyl groups is 2. The standard InChI is InChI=1S/C18H16N2O6/c1-19-14(22)9-15(23)20(11-3-2-4-12(21)17(11)24)10-5-6-13-18(16(10)19)26-8-7-25-13/h2-6,21,24H,7-9H2,1H3. The van der Waals surface area contributed by atoms with Crippen LogP contribution in [0.5, 0.6) is 23.0 Å². The third-order valence-corrected chi connectivity index (χ3v) is 4.40. The van der Waals surface area contributed by atoms with E-state index in [0.29, 0.717) is 36.1 Å². The first-order valence-corrected chi connectivity index (χ1v) is 8.02. The fraction of sp³-hybridized carbons (Fsp3) is 0.222. The Kier molecular flexibility index (Phi) is 3.61. The molecule has 2 aromatic rings. The Morgan fingerprint density at radius 2 is 1.73 bits per heavy atom. The van der Waals surface area contributed by atoms with Crippen LogP contribution < -0.4 is 19.3 Å². The summed E-state index contributed by atoms with van der Waals surface area (Å²) in [6.07, 6.45) is -0.393. The lowest BCUT2D eigenvalue weighted by Crippen LogP contribution is -2.29. The molecular weight excluding hydrogens is 340 g/mol. The minimum absolute atomic E-state index is 0.0797. The van der Waals surface area contributed by atoms with Gasteiger partial charge in [-0.25, -0.2) is 0 Å². The minimum Gasteiger partial charge on any atom is -0.504 e. The van der Waals surface area contributed by atoms with Crippen LogP contribution in [-0.2, 0) is 9.59 Å². The van der Waals surface area contributed by atoms with Gasteiger partial charge in [0, 0.05) is 7.05 Å². The molecule has 2 aliphatic rings. The number of hydrogen-bond acceptors (Lipinski definition) is 6. The molecule has 4 rings (SSSR count). The van der Waals surface area contributed by atoms with Crippen LogP contribution in [0.15, 0.2) is 30.3 Å². The van der Waals surface area contributed by atoms with E-state index in [0.717, 1.165) is 0 Å². The summed E-state index contributed by atoms with van der Waals surface area (Å²) in [4.78, 5) is 27.8. The second-order valence-electron chi connectivity index (χ2n) is 5.96. The number of phenols is 2. The van der Waals surface area contributed by atoms with E-state index < -0.39 is 24.0 Å². The summed E-state index contributed by atoms with van der Waals surface area (Å²) in [5.41, 5.74) is 0.810. The first-order valence-electron chi connectivity index (χ1n) is 8.02. The van der Waals surface area contributed by atoms with Gasteiger partial charge in [0.15, 0.2) is 23.0 Å². The van der Waals surface area contributed by atoms with Gasteiger partial charge in [-0.2, -0.15) is 0 Å². The van der Waals surface area contributed by atoms with E-state index in [1.807, 2.05) is 0 Å². The summed E-state index contributed by atoms with van der Waals surface area (Å²) in [7, 11) is 1.55. The SMILES string of the molecule is CN1C(=O)CC(=O)N(c2cccc(O)c2O)c2ccc3c(c21)OCCO3. The molecule has 0 bridgehead atoms. The number of phenolic OH excluding ortho intramolecular Hbond substituents is 2. The first kappa shape index (κ1) is 16.1. The molecular formula is C18H16N2O6. The number of nitrogens with zero attached hydrogens (tertiary/aromatic N) is 2. The number of anilines is 3. The van der Waals surface area contributed by atoms with Gasteiger partial charge in [-0.1, -0.05) is 6.07 Å². The number of benzene rings is 2. The van der Waals surface area contributed by atoms with E-state index >= 15 is 0 Å². The molecule has 26 heavy (non-hydrogen) atoms. The molecule has 2 aromatic carbocycles.